The van der Waals surface area contributed by atoms with Crippen molar-refractivity contribution in [3.8, 4) is 0 Å². The highest BCUT2D eigenvalue weighted by atomic mass is 16.1. The van der Waals surface area contributed by atoms with Crippen molar-refractivity contribution in [1.82, 2.24) is 25.1 Å². The van der Waals surface area contributed by atoms with Gasteiger partial charge in [0, 0.05) is 18.3 Å². The molecule has 112 valence electrons. The molecule has 0 aliphatic carbocycles. The first kappa shape index (κ1) is 14.9. The van der Waals surface area contributed by atoms with E-state index >= 15 is 0 Å². The topological polar surface area (TPSA) is 111 Å². The third-order valence-electron chi connectivity index (χ3n) is 3.01. The van der Waals surface area contributed by atoms with Crippen LogP contribution in [0.4, 0.5) is 5.82 Å². The summed E-state index contributed by atoms with van der Waals surface area (Å²) in [7, 11) is 1.82. The van der Waals surface area contributed by atoms with E-state index in [4.69, 9.17) is 5.84 Å². The van der Waals surface area contributed by atoms with Crippen molar-refractivity contribution in [2.45, 2.75) is 26.3 Å². The first-order chi connectivity index (χ1) is 10.1. The predicted octanol–water partition coefficient (Wildman–Crippen LogP) is 0.378. The molecule has 0 radical (unpaired) electrons. The standard InChI is InChI=1S/C13H19N7O/c1-3-4-10-5-9(6-11(17-10)18-14)13(21)15-7-12-19-16-8-20(12)2/h5-6,8H,3-4,7,14H2,1-2H3,(H,15,21)(H,17,18). The number of hydrogen-bond acceptors (Lipinski definition) is 6. The van der Waals surface area contributed by atoms with E-state index in [2.05, 4.69) is 32.8 Å². The van der Waals surface area contributed by atoms with Gasteiger partial charge in [0.1, 0.15) is 12.1 Å². The predicted molar refractivity (Wildman–Crippen MR) is 78.2 cm³/mol. The number of carbonyl (C=O) groups excluding carboxylic acids is 1. The van der Waals surface area contributed by atoms with Gasteiger partial charge in [-0.25, -0.2) is 10.8 Å². The maximum absolute atomic E-state index is 12.2. The quantitative estimate of drug-likeness (QED) is 0.523. The number of nitrogens with two attached hydrogens (primary N) is 1. The molecule has 21 heavy (non-hydrogen) atoms. The van der Waals surface area contributed by atoms with E-state index in [9.17, 15) is 4.79 Å². The third kappa shape index (κ3) is 3.76. The zero-order chi connectivity index (χ0) is 15.2. The van der Waals surface area contributed by atoms with Gasteiger partial charge in [-0.15, -0.1) is 10.2 Å². The first-order valence-corrected chi connectivity index (χ1v) is 6.72. The number of rotatable bonds is 6. The van der Waals surface area contributed by atoms with Gasteiger partial charge >= 0.3 is 0 Å². The summed E-state index contributed by atoms with van der Waals surface area (Å²) in [4.78, 5) is 16.5. The highest BCUT2D eigenvalue weighted by molar-refractivity contribution is 5.94. The Hall–Kier alpha value is -2.48. The van der Waals surface area contributed by atoms with Gasteiger partial charge in [0.15, 0.2) is 5.82 Å². The lowest BCUT2D eigenvalue weighted by molar-refractivity contribution is 0.0949. The van der Waals surface area contributed by atoms with Crippen LogP contribution in [0.1, 0.15) is 35.2 Å². The lowest BCUT2D eigenvalue weighted by atomic mass is 10.1. The van der Waals surface area contributed by atoms with Crippen molar-refractivity contribution >= 4 is 11.7 Å². The lowest BCUT2D eigenvalue weighted by Gasteiger charge is -2.09. The Kier molecular flexibility index (Phi) is 4.83. The molecule has 2 rings (SSSR count). The summed E-state index contributed by atoms with van der Waals surface area (Å²) in [5.74, 6) is 6.35. The van der Waals surface area contributed by atoms with Crippen LogP contribution in [0, 0.1) is 0 Å². The van der Waals surface area contributed by atoms with E-state index in [1.54, 1.807) is 23.0 Å². The molecule has 4 N–H and O–H groups in total. The Morgan fingerprint density at radius 2 is 2.24 bits per heavy atom. The zero-order valence-electron chi connectivity index (χ0n) is 12.1. The largest absolute Gasteiger partial charge is 0.345 e. The van der Waals surface area contributed by atoms with Gasteiger partial charge in [0.05, 0.1) is 6.54 Å². The van der Waals surface area contributed by atoms with Gasteiger partial charge in [-0.3, -0.25) is 4.79 Å². The molecule has 0 unspecified atom stereocenters. The Labute approximate surface area is 122 Å². The minimum absolute atomic E-state index is 0.200. The van der Waals surface area contributed by atoms with E-state index in [1.807, 2.05) is 7.05 Å². The second-order valence-electron chi connectivity index (χ2n) is 4.67. The van der Waals surface area contributed by atoms with Crippen LogP contribution in [0.25, 0.3) is 0 Å². The van der Waals surface area contributed by atoms with Crippen LogP contribution in [0.2, 0.25) is 0 Å². The van der Waals surface area contributed by atoms with E-state index in [1.165, 1.54) is 0 Å². The number of nitrogens with one attached hydrogen (secondary N) is 2. The van der Waals surface area contributed by atoms with Crippen LogP contribution in [-0.2, 0) is 20.0 Å². The summed E-state index contributed by atoms with van der Waals surface area (Å²) in [6, 6.07) is 3.39. The second kappa shape index (κ2) is 6.80. The molecule has 0 aliphatic rings. The number of aryl methyl sites for hydroxylation is 2. The maximum Gasteiger partial charge on any atom is 0.251 e. The van der Waals surface area contributed by atoms with E-state index in [0.717, 1.165) is 18.5 Å². The van der Waals surface area contributed by atoms with Gasteiger partial charge in [-0.05, 0) is 18.6 Å². The highest BCUT2D eigenvalue weighted by Crippen LogP contribution is 2.11. The fraction of sp³-hybridized carbons (Fsp3) is 0.385. The molecule has 0 fully saturated rings. The number of carbonyl (C=O) groups is 1. The zero-order valence-corrected chi connectivity index (χ0v) is 12.1. The van der Waals surface area contributed by atoms with Gasteiger partial charge in [0.2, 0.25) is 0 Å². The molecule has 1 amide bonds. The van der Waals surface area contributed by atoms with Crippen LogP contribution in [0.15, 0.2) is 18.5 Å². The van der Waals surface area contributed by atoms with E-state index in [0.29, 0.717) is 23.8 Å². The number of nitrogen functional groups attached to an aromatic ring is 1. The van der Waals surface area contributed by atoms with Crippen LogP contribution in [0.3, 0.4) is 0 Å². The average Bonchev–Trinajstić information content (AvgIpc) is 2.90. The Bertz CT molecular complexity index is 623. The van der Waals surface area contributed by atoms with Gasteiger partial charge < -0.3 is 15.3 Å². The molecule has 0 atom stereocenters. The van der Waals surface area contributed by atoms with Crippen molar-refractivity contribution < 1.29 is 4.79 Å². The summed E-state index contributed by atoms with van der Waals surface area (Å²) in [5, 5.41) is 10.5. The maximum atomic E-state index is 12.2. The van der Waals surface area contributed by atoms with Crippen molar-refractivity contribution in [2.75, 3.05) is 5.43 Å². The van der Waals surface area contributed by atoms with E-state index in [-0.39, 0.29) is 5.91 Å². The number of hydrazine groups is 1. The van der Waals surface area contributed by atoms with Crippen LogP contribution in [-0.4, -0.2) is 25.7 Å². The summed E-state index contributed by atoms with van der Waals surface area (Å²) in [6.07, 6.45) is 3.32. The molecule has 0 saturated heterocycles. The Morgan fingerprint density at radius 3 is 2.86 bits per heavy atom. The van der Waals surface area contributed by atoms with Crippen molar-refractivity contribution in [1.29, 1.82) is 0 Å². The molecule has 0 aromatic carbocycles. The molecule has 0 bridgehead atoms. The Morgan fingerprint density at radius 1 is 1.43 bits per heavy atom. The third-order valence-corrected chi connectivity index (χ3v) is 3.01. The molecule has 0 aliphatic heterocycles. The lowest BCUT2D eigenvalue weighted by Crippen LogP contribution is -2.25. The number of pyridine rings is 1. The fourth-order valence-electron chi connectivity index (χ4n) is 1.91. The molecule has 8 nitrogen and oxygen atoms in total. The summed E-state index contributed by atoms with van der Waals surface area (Å²) < 4.78 is 1.75. The fourth-order valence-corrected chi connectivity index (χ4v) is 1.91. The average molecular weight is 289 g/mol. The van der Waals surface area contributed by atoms with Gasteiger partial charge in [0.25, 0.3) is 5.91 Å². The number of aromatic nitrogens is 4. The number of hydrogen-bond donors (Lipinski definition) is 3. The molecular weight excluding hydrogens is 270 g/mol. The first-order valence-electron chi connectivity index (χ1n) is 6.72. The van der Waals surface area contributed by atoms with Crippen LogP contribution in [0.5, 0.6) is 0 Å². The summed E-state index contributed by atoms with van der Waals surface area (Å²) >= 11 is 0. The van der Waals surface area contributed by atoms with Crippen molar-refractivity contribution in [3.63, 3.8) is 0 Å². The van der Waals surface area contributed by atoms with Gasteiger partial charge in [-0.2, -0.15) is 0 Å². The number of amides is 1. The highest BCUT2D eigenvalue weighted by Gasteiger charge is 2.10. The van der Waals surface area contributed by atoms with Crippen LogP contribution < -0.4 is 16.6 Å². The minimum atomic E-state index is -0.200. The molecular formula is C13H19N7O. The number of anilines is 1. The summed E-state index contributed by atoms with van der Waals surface area (Å²) in [5.41, 5.74) is 3.83. The van der Waals surface area contributed by atoms with Crippen LogP contribution >= 0.6 is 0 Å². The molecule has 8 heteroatoms. The number of nitrogens with zero attached hydrogens (tertiary/aromatic N) is 4. The molecule has 2 heterocycles. The summed E-state index contributed by atoms with van der Waals surface area (Å²) in [6.45, 7) is 2.37. The second-order valence-corrected chi connectivity index (χ2v) is 4.67. The molecule has 0 saturated carbocycles. The molecule has 2 aromatic rings. The van der Waals surface area contributed by atoms with Crippen molar-refractivity contribution in [2.24, 2.45) is 12.9 Å². The monoisotopic (exact) mass is 289 g/mol. The molecule has 2 aromatic heterocycles. The SMILES string of the molecule is CCCc1cc(C(=O)NCc2nncn2C)cc(NN)n1. The Balaban J connectivity index is 2.10. The van der Waals surface area contributed by atoms with Crippen molar-refractivity contribution in [3.05, 3.63) is 35.5 Å². The minimum Gasteiger partial charge on any atom is -0.345 e. The van der Waals surface area contributed by atoms with Gasteiger partial charge in [-0.1, -0.05) is 13.3 Å². The van der Waals surface area contributed by atoms with E-state index < -0.39 is 0 Å². The normalized spacial score (nSPS) is 10.4. The molecule has 0 spiro atoms. The smallest absolute Gasteiger partial charge is 0.251 e.